The second-order valence-electron chi connectivity index (χ2n) is 3.76. The summed E-state index contributed by atoms with van der Waals surface area (Å²) in [5, 5.41) is 15.4. The second-order valence-corrected chi connectivity index (χ2v) is 4.57. The van der Waals surface area contributed by atoms with E-state index in [-0.39, 0.29) is 10.8 Å². The lowest BCUT2D eigenvalue weighted by molar-refractivity contribution is 0.475. The summed E-state index contributed by atoms with van der Waals surface area (Å²) in [6.07, 6.45) is 0. The Morgan fingerprint density at radius 2 is 1.79 bits per heavy atom. The molecule has 0 unspecified atom stereocenters. The van der Waals surface area contributed by atoms with Crippen molar-refractivity contribution in [1.29, 1.82) is 0 Å². The first-order valence-electron chi connectivity index (χ1n) is 5.37. The van der Waals surface area contributed by atoms with Crippen LogP contribution in [-0.4, -0.2) is 10.2 Å². The van der Waals surface area contributed by atoms with E-state index in [1.165, 1.54) is 24.3 Å². The van der Waals surface area contributed by atoms with E-state index in [1.807, 2.05) is 0 Å². The number of halogens is 2. The van der Waals surface area contributed by atoms with Gasteiger partial charge in [-0.2, -0.15) is 0 Å². The van der Waals surface area contributed by atoms with Crippen LogP contribution in [0.2, 0.25) is 5.02 Å². The minimum atomic E-state index is -0.487. The number of anilines is 2. The number of nitrogens with one attached hydrogen (secondary N) is 2. The van der Waals surface area contributed by atoms with Crippen molar-refractivity contribution in [3.63, 3.8) is 0 Å². The van der Waals surface area contributed by atoms with Gasteiger partial charge in [0.25, 0.3) is 0 Å². The highest BCUT2D eigenvalue weighted by molar-refractivity contribution is 7.80. The monoisotopic (exact) mass is 296 g/mol. The van der Waals surface area contributed by atoms with Gasteiger partial charge < -0.3 is 15.7 Å². The Morgan fingerprint density at radius 1 is 1.11 bits per heavy atom. The average molecular weight is 297 g/mol. The van der Waals surface area contributed by atoms with Crippen molar-refractivity contribution in [3.8, 4) is 5.75 Å². The van der Waals surface area contributed by atoms with Crippen LogP contribution in [0.25, 0.3) is 0 Å². The van der Waals surface area contributed by atoms with E-state index in [0.29, 0.717) is 16.5 Å². The third-order valence-electron chi connectivity index (χ3n) is 2.28. The van der Waals surface area contributed by atoms with Gasteiger partial charge in [-0.25, -0.2) is 4.39 Å². The molecule has 0 aliphatic rings. The topological polar surface area (TPSA) is 44.3 Å². The smallest absolute Gasteiger partial charge is 0.175 e. The van der Waals surface area contributed by atoms with E-state index in [4.69, 9.17) is 23.8 Å². The SMILES string of the molecule is Oc1cccc(NC(=S)Nc2ccc(F)c(Cl)c2)c1. The van der Waals surface area contributed by atoms with Gasteiger partial charge in [-0.05, 0) is 42.5 Å². The molecular weight excluding hydrogens is 287 g/mol. The molecule has 2 aromatic rings. The minimum Gasteiger partial charge on any atom is -0.508 e. The number of phenolic OH excluding ortho intramolecular Hbond substituents is 1. The minimum absolute atomic E-state index is 0.0187. The molecule has 0 aliphatic carbocycles. The van der Waals surface area contributed by atoms with Crippen LogP contribution in [0.4, 0.5) is 15.8 Å². The molecule has 6 heteroatoms. The van der Waals surface area contributed by atoms with E-state index in [1.54, 1.807) is 18.2 Å². The summed E-state index contributed by atoms with van der Waals surface area (Å²) in [5.74, 6) is -0.350. The van der Waals surface area contributed by atoms with Gasteiger partial charge >= 0.3 is 0 Å². The second kappa shape index (κ2) is 5.86. The van der Waals surface area contributed by atoms with Crippen LogP contribution in [0.3, 0.4) is 0 Å². The summed E-state index contributed by atoms with van der Waals surface area (Å²) < 4.78 is 13.0. The first kappa shape index (κ1) is 13.6. The van der Waals surface area contributed by atoms with E-state index in [9.17, 15) is 9.50 Å². The molecule has 3 N–H and O–H groups in total. The molecule has 98 valence electrons. The lowest BCUT2D eigenvalue weighted by Gasteiger charge is -2.11. The fraction of sp³-hybridized carbons (Fsp3) is 0. The van der Waals surface area contributed by atoms with Crippen molar-refractivity contribution in [2.75, 3.05) is 10.6 Å². The molecule has 0 amide bonds. The maximum absolute atomic E-state index is 13.0. The fourth-order valence-corrected chi connectivity index (χ4v) is 1.87. The molecule has 0 atom stereocenters. The van der Waals surface area contributed by atoms with E-state index in [0.717, 1.165) is 0 Å². The van der Waals surface area contributed by atoms with Crippen LogP contribution in [-0.2, 0) is 0 Å². The lowest BCUT2D eigenvalue weighted by atomic mass is 10.3. The Labute approximate surface area is 120 Å². The number of phenols is 1. The zero-order valence-electron chi connectivity index (χ0n) is 9.65. The molecule has 19 heavy (non-hydrogen) atoms. The summed E-state index contributed by atoms with van der Waals surface area (Å²) in [4.78, 5) is 0. The Balaban J connectivity index is 2.03. The largest absolute Gasteiger partial charge is 0.508 e. The molecule has 0 heterocycles. The highest BCUT2D eigenvalue weighted by atomic mass is 35.5. The van der Waals surface area contributed by atoms with Crippen molar-refractivity contribution >= 4 is 40.3 Å². The standard InChI is InChI=1S/C13H10ClFN2OS/c14-11-7-9(4-5-12(11)15)17-13(19)16-8-2-1-3-10(18)6-8/h1-7,18H,(H2,16,17,19). The summed E-state index contributed by atoms with van der Waals surface area (Å²) >= 11 is 10.8. The molecule has 3 nitrogen and oxygen atoms in total. The lowest BCUT2D eigenvalue weighted by Crippen LogP contribution is -2.18. The zero-order valence-corrected chi connectivity index (χ0v) is 11.2. The van der Waals surface area contributed by atoms with Crippen LogP contribution < -0.4 is 10.6 Å². The van der Waals surface area contributed by atoms with Gasteiger partial charge in [0, 0.05) is 17.4 Å². The number of thiocarbonyl (C=S) groups is 1. The first-order valence-corrected chi connectivity index (χ1v) is 6.15. The van der Waals surface area contributed by atoms with Crippen LogP contribution >= 0.6 is 23.8 Å². The Morgan fingerprint density at radius 3 is 2.42 bits per heavy atom. The van der Waals surface area contributed by atoms with E-state index < -0.39 is 5.82 Å². The summed E-state index contributed by atoms with van der Waals surface area (Å²) in [6, 6.07) is 10.8. The van der Waals surface area contributed by atoms with Gasteiger partial charge in [0.15, 0.2) is 5.11 Å². The van der Waals surface area contributed by atoms with Gasteiger partial charge in [0.1, 0.15) is 11.6 Å². The summed E-state index contributed by atoms with van der Waals surface area (Å²) in [6.45, 7) is 0. The van der Waals surface area contributed by atoms with Crippen LogP contribution in [0.5, 0.6) is 5.75 Å². The van der Waals surface area contributed by atoms with Gasteiger partial charge in [0.2, 0.25) is 0 Å². The molecule has 0 spiro atoms. The number of benzene rings is 2. The zero-order chi connectivity index (χ0) is 13.8. The maximum Gasteiger partial charge on any atom is 0.175 e. The molecule has 0 saturated carbocycles. The van der Waals surface area contributed by atoms with Gasteiger partial charge in [-0.1, -0.05) is 17.7 Å². The molecule has 0 aromatic heterocycles. The average Bonchev–Trinajstić information content (AvgIpc) is 2.34. The first-order chi connectivity index (χ1) is 9.04. The predicted molar refractivity (Wildman–Crippen MR) is 79.4 cm³/mol. The van der Waals surface area contributed by atoms with Crippen molar-refractivity contribution in [2.45, 2.75) is 0 Å². The number of hydrogen-bond donors (Lipinski definition) is 3. The molecule has 0 aliphatic heterocycles. The molecule has 2 aromatic carbocycles. The maximum atomic E-state index is 13.0. The Kier molecular flexibility index (Phi) is 4.19. The number of aromatic hydroxyl groups is 1. The van der Waals surface area contributed by atoms with E-state index >= 15 is 0 Å². The van der Waals surface area contributed by atoms with Gasteiger partial charge in [-0.3, -0.25) is 0 Å². The molecule has 2 rings (SSSR count). The highest BCUT2D eigenvalue weighted by Gasteiger charge is 2.03. The van der Waals surface area contributed by atoms with Gasteiger partial charge in [0.05, 0.1) is 5.02 Å². The van der Waals surface area contributed by atoms with Crippen LogP contribution in [0.15, 0.2) is 42.5 Å². The quantitative estimate of drug-likeness (QED) is 0.733. The Hall–Kier alpha value is -1.85. The fourth-order valence-electron chi connectivity index (χ4n) is 1.45. The van der Waals surface area contributed by atoms with Crippen molar-refractivity contribution in [1.82, 2.24) is 0 Å². The Bertz CT molecular complexity index is 621. The third-order valence-corrected chi connectivity index (χ3v) is 2.78. The molecular formula is C13H10ClFN2OS. The summed E-state index contributed by atoms with van der Waals surface area (Å²) in [5.41, 5.74) is 1.22. The molecule has 0 fully saturated rings. The number of hydrogen-bond acceptors (Lipinski definition) is 2. The van der Waals surface area contributed by atoms with E-state index in [2.05, 4.69) is 10.6 Å². The van der Waals surface area contributed by atoms with Crippen molar-refractivity contribution in [3.05, 3.63) is 53.3 Å². The third kappa shape index (κ3) is 3.81. The van der Waals surface area contributed by atoms with Crippen molar-refractivity contribution < 1.29 is 9.50 Å². The van der Waals surface area contributed by atoms with Crippen LogP contribution in [0, 0.1) is 5.82 Å². The van der Waals surface area contributed by atoms with Gasteiger partial charge in [-0.15, -0.1) is 0 Å². The normalized spacial score (nSPS) is 10.0. The predicted octanol–water partition coefficient (Wildman–Crippen LogP) is 3.99. The highest BCUT2D eigenvalue weighted by Crippen LogP contribution is 2.20. The molecule has 0 radical (unpaired) electrons. The number of rotatable bonds is 2. The van der Waals surface area contributed by atoms with Crippen LogP contribution in [0.1, 0.15) is 0 Å². The molecule has 0 bridgehead atoms. The summed E-state index contributed by atoms with van der Waals surface area (Å²) in [7, 11) is 0. The molecule has 0 saturated heterocycles. The van der Waals surface area contributed by atoms with Crippen molar-refractivity contribution in [2.24, 2.45) is 0 Å².